The van der Waals surface area contributed by atoms with Gasteiger partial charge in [0.25, 0.3) is 5.91 Å². The van der Waals surface area contributed by atoms with E-state index in [-0.39, 0.29) is 18.2 Å². The van der Waals surface area contributed by atoms with Crippen molar-refractivity contribution in [1.82, 2.24) is 5.43 Å². The first kappa shape index (κ1) is 16.4. The van der Waals surface area contributed by atoms with Crippen LogP contribution >= 0.6 is 0 Å². The number of benzene rings is 3. The van der Waals surface area contributed by atoms with Gasteiger partial charge in [-0.25, -0.2) is 9.82 Å². The Morgan fingerprint density at radius 2 is 1.88 bits per heavy atom. The number of hydrogen-bond donors (Lipinski definition) is 2. The van der Waals surface area contributed by atoms with E-state index in [1.165, 1.54) is 30.5 Å². The maximum absolute atomic E-state index is 12.8. The van der Waals surface area contributed by atoms with Crippen molar-refractivity contribution in [2.45, 2.75) is 0 Å². The van der Waals surface area contributed by atoms with Gasteiger partial charge in [-0.05, 0) is 41.1 Å². The second-order valence-corrected chi connectivity index (χ2v) is 5.26. The maximum atomic E-state index is 12.8. The van der Waals surface area contributed by atoms with Crippen LogP contribution in [0.3, 0.4) is 0 Å². The molecule has 0 bridgehead atoms. The summed E-state index contributed by atoms with van der Waals surface area (Å²) in [5, 5.41) is 15.6. The molecule has 0 aliphatic carbocycles. The highest BCUT2D eigenvalue weighted by molar-refractivity contribution is 6.02. The fraction of sp³-hybridized carbons (Fsp3) is 0.0526. The van der Waals surface area contributed by atoms with E-state index in [2.05, 4.69) is 10.5 Å². The first-order valence-corrected chi connectivity index (χ1v) is 7.54. The lowest BCUT2D eigenvalue weighted by atomic mass is 10.0. The Labute approximate surface area is 143 Å². The fourth-order valence-corrected chi connectivity index (χ4v) is 2.30. The van der Waals surface area contributed by atoms with Gasteiger partial charge in [-0.15, -0.1) is 0 Å². The Hall–Kier alpha value is -3.41. The molecule has 0 unspecified atom stereocenters. The zero-order valence-electron chi connectivity index (χ0n) is 13.1. The number of fused-ring (bicyclic) bond motifs is 1. The van der Waals surface area contributed by atoms with Gasteiger partial charge in [-0.2, -0.15) is 5.10 Å². The largest absolute Gasteiger partial charge is 0.507 e. The molecule has 0 aliphatic heterocycles. The van der Waals surface area contributed by atoms with Gasteiger partial charge in [-0.1, -0.05) is 30.3 Å². The van der Waals surface area contributed by atoms with Crippen LogP contribution in [0.25, 0.3) is 10.8 Å². The van der Waals surface area contributed by atoms with Crippen LogP contribution in [-0.4, -0.2) is 23.8 Å². The maximum Gasteiger partial charge on any atom is 0.277 e. The topological polar surface area (TPSA) is 70.9 Å². The highest BCUT2D eigenvalue weighted by atomic mass is 19.1. The Morgan fingerprint density at radius 3 is 2.68 bits per heavy atom. The number of ether oxygens (including phenoxy) is 1. The fourth-order valence-electron chi connectivity index (χ4n) is 2.30. The molecular formula is C19H15FN2O3. The highest BCUT2D eigenvalue weighted by Crippen LogP contribution is 2.25. The minimum Gasteiger partial charge on any atom is -0.507 e. The summed E-state index contributed by atoms with van der Waals surface area (Å²) in [5.74, 6) is -0.400. The molecule has 0 radical (unpaired) electrons. The summed E-state index contributed by atoms with van der Waals surface area (Å²) in [6.07, 6.45) is 1.38. The molecular weight excluding hydrogens is 323 g/mol. The van der Waals surface area contributed by atoms with Crippen molar-refractivity contribution in [3.63, 3.8) is 0 Å². The number of amides is 1. The predicted octanol–water partition coefficient (Wildman–Crippen LogP) is 3.21. The number of rotatable bonds is 5. The molecule has 0 spiro atoms. The van der Waals surface area contributed by atoms with Crippen molar-refractivity contribution < 1.29 is 19.0 Å². The van der Waals surface area contributed by atoms with Crippen molar-refractivity contribution in [2.75, 3.05) is 6.61 Å². The molecule has 0 fully saturated rings. The smallest absolute Gasteiger partial charge is 0.277 e. The molecule has 3 aromatic rings. The molecule has 0 aromatic heterocycles. The third-order valence-corrected chi connectivity index (χ3v) is 3.51. The first-order valence-electron chi connectivity index (χ1n) is 7.54. The summed E-state index contributed by atoms with van der Waals surface area (Å²) < 4.78 is 18.0. The number of hydrazone groups is 1. The van der Waals surface area contributed by atoms with Gasteiger partial charge in [0.05, 0.1) is 6.21 Å². The van der Waals surface area contributed by atoms with E-state index >= 15 is 0 Å². The third-order valence-electron chi connectivity index (χ3n) is 3.51. The summed E-state index contributed by atoms with van der Waals surface area (Å²) >= 11 is 0. The summed E-state index contributed by atoms with van der Waals surface area (Å²) in [4.78, 5) is 11.7. The average molecular weight is 338 g/mol. The molecule has 3 rings (SSSR count). The second-order valence-electron chi connectivity index (χ2n) is 5.26. The molecule has 3 aromatic carbocycles. The van der Waals surface area contributed by atoms with Crippen LogP contribution in [0, 0.1) is 5.82 Å². The van der Waals surface area contributed by atoms with E-state index in [1.54, 1.807) is 12.1 Å². The molecule has 0 saturated heterocycles. The SMILES string of the molecule is O=C(COc1ccc(F)cc1)N/N=C\c1c(O)ccc2ccccc12. The minimum atomic E-state index is -0.472. The molecule has 25 heavy (non-hydrogen) atoms. The van der Waals surface area contributed by atoms with E-state index < -0.39 is 5.91 Å². The number of phenols is 1. The molecule has 0 saturated carbocycles. The molecule has 1 amide bonds. The van der Waals surface area contributed by atoms with Crippen LogP contribution in [-0.2, 0) is 4.79 Å². The molecule has 0 heterocycles. The van der Waals surface area contributed by atoms with E-state index in [4.69, 9.17) is 4.74 Å². The molecule has 0 aliphatic rings. The molecule has 2 N–H and O–H groups in total. The number of halogens is 1. The van der Waals surface area contributed by atoms with Gasteiger partial charge in [0.2, 0.25) is 0 Å². The van der Waals surface area contributed by atoms with Gasteiger partial charge in [0, 0.05) is 5.56 Å². The molecule has 126 valence electrons. The number of phenolic OH excluding ortho intramolecular Hbond substituents is 1. The monoisotopic (exact) mass is 338 g/mol. The number of carbonyl (C=O) groups is 1. The van der Waals surface area contributed by atoms with Crippen molar-refractivity contribution in [3.8, 4) is 11.5 Å². The van der Waals surface area contributed by atoms with E-state index in [9.17, 15) is 14.3 Å². The molecule has 6 heteroatoms. The van der Waals surface area contributed by atoms with Gasteiger partial charge < -0.3 is 9.84 Å². The van der Waals surface area contributed by atoms with E-state index in [0.717, 1.165) is 10.8 Å². The van der Waals surface area contributed by atoms with Crippen LogP contribution in [0.15, 0.2) is 65.8 Å². The number of nitrogens with zero attached hydrogens (tertiary/aromatic N) is 1. The second kappa shape index (κ2) is 7.44. The summed E-state index contributed by atoms with van der Waals surface area (Å²) in [6.45, 7) is -0.259. The van der Waals surface area contributed by atoms with Crippen molar-refractivity contribution >= 4 is 22.9 Å². The predicted molar refractivity (Wildman–Crippen MR) is 93.2 cm³/mol. The van der Waals surface area contributed by atoms with Crippen LogP contribution in [0.2, 0.25) is 0 Å². The summed E-state index contributed by atoms with van der Waals surface area (Å²) in [6, 6.07) is 16.3. The number of aromatic hydroxyl groups is 1. The van der Waals surface area contributed by atoms with Crippen molar-refractivity contribution in [3.05, 3.63) is 72.0 Å². The van der Waals surface area contributed by atoms with Crippen LogP contribution in [0.4, 0.5) is 4.39 Å². The normalized spacial score (nSPS) is 10.9. The Balaban J connectivity index is 1.62. The lowest BCUT2D eigenvalue weighted by Crippen LogP contribution is -2.24. The van der Waals surface area contributed by atoms with Crippen molar-refractivity contribution in [1.29, 1.82) is 0 Å². The average Bonchev–Trinajstić information content (AvgIpc) is 2.63. The molecule has 0 atom stereocenters. The lowest BCUT2D eigenvalue weighted by molar-refractivity contribution is -0.123. The van der Waals surface area contributed by atoms with Gasteiger partial charge >= 0.3 is 0 Å². The summed E-state index contributed by atoms with van der Waals surface area (Å²) in [5.41, 5.74) is 2.84. The highest BCUT2D eigenvalue weighted by Gasteiger charge is 2.05. The first-order chi connectivity index (χ1) is 12.1. The number of nitrogens with one attached hydrogen (secondary N) is 1. The van der Waals surface area contributed by atoms with Crippen LogP contribution in [0.1, 0.15) is 5.56 Å². The third kappa shape index (κ3) is 4.11. The Kier molecular flexibility index (Phi) is 4.89. The Bertz CT molecular complexity index is 924. The lowest BCUT2D eigenvalue weighted by Gasteiger charge is -2.06. The zero-order chi connectivity index (χ0) is 17.6. The standard InChI is InChI=1S/C19H15FN2O3/c20-14-6-8-15(9-7-14)25-12-19(24)22-21-11-17-16-4-2-1-3-13(16)5-10-18(17)23/h1-11,23H,12H2,(H,22,24)/b21-11-. The Morgan fingerprint density at radius 1 is 1.12 bits per heavy atom. The zero-order valence-corrected chi connectivity index (χ0v) is 13.1. The van der Waals surface area contributed by atoms with E-state index in [0.29, 0.717) is 11.3 Å². The van der Waals surface area contributed by atoms with E-state index in [1.807, 2.05) is 24.3 Å². The number of hydrogen-bond acceptors (Lipinski definition) is 4. The van der Waals surface area contributed by atoms with Gasteiger partial charge in [-0.3, -0.25) is 4.79 Å². The minimum absolute atomic E-state index is 0.0688. The molecule has 5 nitrogen and oxygen atoms in total. The van der Waals surface area contributed by atoms with Crippen LogP contribution < -0.4 is 10.2 Å². The van der Waals surface area contributed by atoms with Crippen LogP contribution in [0.5, 0.6) is 11.5 Å². The number of carbonyl (C=O) groups excluding carboxylic acids is 1. The quantitative estimate of drug-likeness (QED) is 0.554. The van der Waals surface area contributed by atoms with Gasteiger partial charge in [0.15, 0.2) is 6.61 Å². The van der Waals surface area contributed by atoms with Crippen molar-refractivity contribution in [2.24, 2.45) is 5.10 Å². The summed E-state index contributed by atoms with van der Waals surface area (Å²) in [7, 11) is 0. The van der Waals surface area contributed by atoms with Gasteiger partial charge in [0.1, 0.15) is 17.3 Å².